The van der Waals surface area contributed by atoms with Crippen molar-refractivity contribution in [3.05, 3.63) is 18.5 Å². The Morgan fingerprint density at radius 2 is 2.50 bits per heavy atom. The van der Waals surface area contributed by atoms with Gasteiger partial charge in [-0.3, -0.25) is 9.58 Å². The van der Waals surface area contributed by atoms with Crippen LogP contribution in [0.1, 0.15) is 13.3 Å². The van der Waals surface area contributed by atoms with Gasteiger partial charge in [0.1, 0.15) is 0 Å². The van der Waals surface area contributed by atoms with E-state index >= 15 is 0 Å². The van der Waals surface area contributed by atoms with Crippen LogP contribution >= 0.6 is 0 Å². The number of likely N-dealkylation sites (tertiary alicyclic amines) is 1. The predicted molar refractivity (Wildman–Crippen MR) is 55.9 cm³/mol. The molecule has 1 aliphatic heterocycles. The molecule has 2 atom stereocenters. The first-order valence-electron chi connectivity index (χ1n) is 5.23. The average molecular weight is 194 g/mol. The Balaban J connectivity index is 1.87. The van der Waals surface area contributed by atoms with Crippen LogP contribution in [-0.4, -0.2) is 39.9 Å². The normalized spacial score (nSPS) is 25.4. The van der Waals surface area contributed by atoms with Crippen LogP contribution < -0.4 is 5.73 Å². The van der Waals surface area contributed by atoms with E-state index in [-0.39, 0.29) is 0 Å². The molecule has 1 fully saturated rings. The summed E-state index contributed by atoms with van der Waals surface area (Å²) in [6.45, 7) is 5.35. The Kier molecular flexibility index (Phi) is 2.84. The Bertz CT molecular complexity index is 270. The molecule has 0 aromatic carbocycles. The predicted octanol–water partition coefficient (Wildman–Crippen LogP) is 0.305. The first-order valence-corrected chi connectivity index (χ1v) is 5.23. The van der Waals surface area contributed by atoms with E-state index in [2.05, 4.69) is 16.9 Å². The summed E-state index contributed by atoms with van der Waals surface area (Å²) in [6, 6.07) is 2.86. The Morgan fingerprint density at radius 3 is 3.07 bits per heavy atom. The van der Waals surface area contributed by atoms with Crippen LogP contribution in [0.3, 0.4) is 0 Å². The maximum absolute atomic E-state index is 5.87. The third kappa shape index (κ3) is 2.13. The standard InChI is InChI=1S/C10H18N4/c1-9(7-14-5-2-4-12-14)13-6-3-10(11)8-13/h2,4-5,9-10H,3,6-8,11H2,1H3. The molecule has 4 nitrogen and oxygen atoms in total. The second kappa shape index (κ2) is 4.11. The van der Waals surface area contributed by atoms with Gasteiger partial charge in [-0.05, 0) is 19.4 Å². The molecule has 2 unspecified atom stereocenters. The molecule has 78 valence electrons. The lowest BCUT2D eigenvalue weighted by atomic mass is 10.3. The molecule has 0 amide bonds. The fraction of sp³-hybridized carbons (Fsp3) is 0.700. The lowest BCUT2D eigenvalue weighted by Gasteiger charge is -2.23. The zero-order chi connectivity index (χ0) is 9.97. The molecule has 0 aliphatic carbocycles. The summed E-state index contributed by atoms with van der Waals surface area (Å²) in [7, 11) is 0. The van der Waals surface area contributed by atoms with Crippen molar-refractivity contribution in [3.8, 4) is 0 Å². The molecule has 14 heavy (non-hydrogen) atoms. The van der Waals surface area contributed by atoms with E-state index in [0.717, 1.165) is 26.1 Å². The molecule has 4 heteroatoms. The number of rotatable bonds is 3. The summed E-state index contributed by atoms with van der Waals surface area (Å²) in [6.07, 6.45) is 4.96. The highest BCUT2D eigenvalue weighted by atomic mass is 15.3. The smallest absolute Gasteiger partial charge is 0.0562 e. The van der Waals surface area contributed by atoms with Crippen LogP contribution in [0.25, 0.3) is 0 Å². The van der Waals surface area contributed by atoms with Crippen LogP contribution in [0, 0.1) is 0 Å². The summed E-state index contributed by atoms with van der Waals surface area (Å²) in [5.41, 5.74) is 5.87. The highest BCUT2D eigenvalue weighted by molar-refractivity contribution is 4.83. The second-order valence-electron chi connectivity index (χ2n) is 4.12. The number of aromatic nitrogens is 2. The fourth-order valence-electron chi connectivity index (χ4n) is 2.01. The van der Waals surface area contributed by atoms with Crippen LogP contribution in [0.2, 0.25) is 0 Å². The number of hydrogen-bond acceptors (Lipinski definition) is 3. The highest BCUT2D eigenvalue weighted by Gasteiger charge is 2.23. The van der Waals surface area contributed by atoms with Gasteiger partial charge < -0.3 is 5.73 Å². The van der Waals surface area contributed by atoms with Gasteiger partial charge in [0.05, 0.1) is 6.54 Å². The van der Waals surface area contributed by atoms with Gasteiger partial charge in [-0.2, -0.15) is 5.10 Å². The third-order valence-corrected chi connectivity index (χ3v) is 2.89. The van der Waals surface area contributed by atoms with E-state index in [1.54, 1.807) is 0 Å². The lowest BCUT2D eigenvalue weighted by Crippen LogP contribution is -2.36. The van der Waals surface area contributed by atoms with Crippen molar-refractivity contribution in [2.75, 3.05) is 13.1 Å². The van der Waals surface area contributed by atoms with E-state index in [1.807, 2.05) is 23.1 Å². The Morgan fingerprint density at radius 1 is 1.64 bits per heavy atom. The van der Waals surface area contributed by atoms with Gasteiger partial charge in [-0.25, -0.2) is 0 Å². The fourth-order valence-corrected chi connectivity index (χ4v) is 2.01. The van der Waals surface area contributed by atoms with Gasteiger partial charge in [-0.15, -0.1) is 0 Å². The molecule has 2 N–H and O–H groups in total. The first-order chi connectivity index (χ1) is 6.75. The first kappa shape index (κ1) is 9.68. The van der Waals surface area contributed by atoms with Gasteiger partial charge >= 0.3 is 0 Å². The molecule has 1 saturated heterocycles. The maximum atomic E-state index is 5.87. The monoisotopic (exact) mass is 194 g/mol. The average Bonchev–Trinajstić information content (AvgIpc) is 2.75. The quantitative estimate of drug-likeness (QED) is 0.753. The third-order valence-electron chi connectivity index (χ3n) is 2.89. The summed E-state index contributed by atoms with van der Waals surface area (Å²) in [5.74, 6) is 0. The van der Waals surface area contributed by atoms with Crippen LogP contribution in [-0.2, 0) is 6.54 Å². The molecular formula is C10H18N4. The molecule has 0 saturated carbocycles. The molecule has 1 aromatic rings. The van der Waals surface area contributed by atoms with Crippen LogP contribution in [0.15, 0.2) is 18.5 Å². The van der Waals surface area contributed by atoms with Crippen molar-refractivity contribution >= 4 is 0 Å². The van der Waals surface area contributed by atoms with E-state index in [9.17, 15) is 0 Å². The largest absolute Gasteiger partial charge is 0.326 e. The van der Waals surface area contributed by atoms with Gasteiger partial charge in [0.2, 0.25) is 0 Å². The summed E-state index contributed by atoms with van der Waals surface area (Å²) < 4.78 is 1.98. The molecular weight excluding hydrogens is 176 g/mol. The van der Waals surface area contributed by atoms with Crippen molar-refractivity contribution < 1.29 is 0 Å². The minimum absolute atomic E-state index is 0.370. The topological polar surface area (TPSA) is 47.1 Å². The molecule has 0 bridgehead atoms. The van der Waals surface area contributed by atoms with Crippen molar-refractivity contribution in [1.29, 1.82) is 0 Å². The highest BCUT2D eigenvalue weighted by Crippen LogP contribution is 2.11. The van der Waals surface area contributed by atoms with E-state index in [1.165, 1.54) is 0 Å². The molecule has 1 aliphatic rings. The molecule has 0 spiro atoms. The van der Waals surface area contributed by atoms with Gasteiger partial charge in [-0.1, -0.05) is 0 Å². The zero-order valence-corrected chi connectivity index (χ0v) is 8.63. The van der Waals surface area contributed by atoms with Gasteiger partial charge in [0.15, 0.2) is 0 Å². The number of nitrogens with two attached hydrogens (primary N) is 1. The molecule has 2 rings (SSSR count). The van der Waals surface area contributed by atoms with E-state index in [0.29, 0.717) is 12.1 Å². The minimum Gasteiger partial charge on any atom is -0.326 e. The Labute approximate surface area is 84.7 Å². The number of nitrogens with zero attached hydrogens (tertiary/aromatic N) is 3. The summed E-state index contributed by atoms with van der Waals surface area (Å²) in [4.78, 5) is 2.44. The van der Waals surface area contributed by atoms with Crippen molar-refractivity contribution in [1.82, 2.24) is 14.7 Å². The lowest BCUT2D eigenvalue weighted by molar-refractivity contribution is 0.227. The summed E-state index contributed by atoms with van der Waals surface area (Å²) in [5, 5.41) is 4.21. The minimum atomic E-state index is 0.370. The van der Waals surface area contributed by atoms with Crippen LogP contribution in [0.4, 0.5) is 0 Å². The van der Waals surface area contributed by atoms with Crippen molar-refractivity contribution in [3.63, 3.8) is 0 Å². The molecule has 0 radical (unpaired) electrons. The van der Waals surface area contributed by atoms with Gasteiger partial charge in [0.25, 0.3) is 0 Å². The zero-order valence-electron chi connectivity index (χ0n) is 8.63. The second-order valence-corrected chi connectivity index (χ2v) is 4.12. The summed E-state index contributed by atoms with van der Waals surface area (Å²) >= 11 is 0. The van der Waals surface area contributed by atoms with Crippen LogP contribution in [0.5, 0.6) is 0 Å². The van der Waals surface area contributed by atoms with Crippen molar-refractivity contribution in [2.45, 2.75) is 32.0 Å². The van der Waals surface area contributed by atoms with Gasteiger partial charge in [0, 0.05) is 37.6 Å². The SMILES string of the molecule is CC(Cn1cccn1)N1CCC(N)C1. The number of hydrogen-bond donors (Lipinski definition) is 1. The maximum Gasteiger partial charge on any atom is 0.0562 e. The molecule has 1 aromatic heterocycles. The van der Waals surface area contributed by atoms with E-state index in [4.69, 9.17) is 5.73 Å². The Hall–Kier alpha value is -0.870. The molecule has 2 heterocycles. The van der Waals surface area contributed by atoms with E-state index < -0.39 is 0 Å². The van der Waals surface area contributed by atoms with Crippen molar-refractivity contribution in [2.24, 2.45) is 5.73 Å².